The first-order valence-electron chi connectivity index (χ1n) is 11.9. The SMILES string of the molecule is CCCOc1csc(-c2ccc(OCCCOc3ccc4[nH]cc(C(C)C(=O)O)c4c3)c(OC)c2)n1. The fraction of sp³-hybridized carbons (Fsp3) is 0.333. The third kappa shape index (κ3) is 5.91. The van der Waals surface area contributed by atoms with Crippen LogP contribution >= 0.6 is 11.3 Å². The van der Waals surface area contributed by atoms with Gasteiger partial charge in [-0.1, -0.05) is 6.92 Å². The average Bonchev–Trinajstić information content (AvgIpc) is 3.54. The van der Waals surface area contributed by atoms with Gasteiger partial charge in [-0.25, -0.2) is 4.98 Å². The van der Waals surface area contributed by atoms with Gasteiger partial charge in [-0.15, -0.1) is 11.3 Å². The zero-order chi connectivity index (χ0) is 25.5. The highest BCUT2D eigenvalue weighted by atomic mass is 32.1. The average molecular weight is 511 g/mol. The van der Waals surface area contributed by atoms with Crippen molar-refractivity contribution < 1.29 is 28.8 Å². The van der Waals surface area contributed by atoms with Crippen LogP contribution in [0.4, 0.5) is 0 Å². The number of carboxylic acid groups (broad SMARTS) is 1. The van der Waals surface area contributed by atoms with Crippen LogP contribution in [0.3, 0.4) is 0 Å². The minimum atomic E-state index is -0.861. The number of benzene rings is 2. The summed E-state index contributed by atoms with van der Waals surface area (Å²) in [4.78, 5) is 19.0. The van der Waals surface area contributed by atoms with Gasteiger partial charge in [-0.2, -0.15) is 0 Å². The van der Waals surface area contributed by atoms with Crippen LogP contribution in [-0.4, -0.2) is 48.0 Å². The molecule has 2 aromatic heterocycles. The molecule has 0 fully saturated rings. The van der Waals surface area contributed by atoms with Gasteiger partial charge >= 0.3 is 5.97 Å². The number of aromatic nitrogens is 2. The van der Waals surface area contributed by atoms with Crippen molar-refractivity contribution in [1.82, 2.24) is 9.97 Å². The van der Waals surface area contributed by atoms with Gasteiger partial charge in [-0.3, -0.25) is 4.79 Å². The van der Waals surface area contributed by atoms with Crippen molar-refractivity contribution in [3.8, 4) is 33.7 Å². The monoisotopic (exact) mass is 510 g/mol. The van der Waals surface area contributed by atoms with Gasteiger partial charge < -0.3 is 29.0 Å². The Hall–Kier alpha value is -3.72. The first-order valence-corrected chi connectivity index (χ1v) is 12.7. The topological polar surface area (TPSA) is 103 Å². The van der Waals surface area contributed by atoms with E-state index < -0.39 is 11.9 Å². The predicted molar refractivity (Wildman–Crippen MR) is 140 cm³/mol. The molecule has 9 heteroatoms. The van der Waals surface area contributed by atoms with Crippen LogP contribution in [0, 0.1) is 0 Å². The van der Waals surface area contributed by atoms with Crippen molar-refractivity contribution in [3.05, 3.63) is 53.5 Å². The minimum absolute atomic E-state index is 0.454. The highest BCUT2D eigenvalue weighted by Crippen LogP contribution is 2.35. The molecule has 2 aromatic carbocycles. The van der Waals surface area contributed by atoms with E-state index in [1.54, 1.807) is 20.2 Å². The lowest BCUT2D eigenvalue weighted by Gasteiger charge is -2.12. The number of carbonyl (C=O) groups is 1. The number of thiazole rings is 1. The standard InChI is InChI=1S/C27H30N2O6S/c1-4-10-35-25-16-36-26(29-25)18-6-9-23(24(13-18)32-3)34-12-5-11-33-19-7-8-22-20(14-19)21(15-28-22)17(2)27(30)31/h6-9,13-17,28H,4-5,10-12H2,1-3H3,(H,30,31). The Bertz CT molecular complexity index is 1310. The molecule has 1 unspecified atom stereocenters. The number of carboxylic acids is 1. The predicted octanol–water partition coefficient (Wildman–Crippen LogP) is 6.12. The first kappa shape index (κ1) is 25.4. The van der Waals surface area contributed by atoms with E-state index in [0.29, 0.717) is 49.4 Å². The summed E-state index contributed by atoms with van der Waals surface area (Å²) in [5.74, 6) is 1.16. The Morgan fingerprint density at radius 2 is 1.92 bits per heavy atom. The number of hydrogen-bond acceptors (Lipinski definition) is 7. The fourth-order valence-corrected chi connectivity index (χ4v) is 4.46. The maximum Gasteiger partial charge on any atom is 0.310 e. The number of H-pyrrole nitrogens is 1. The lowest BCUT2D eigenvalue weighted by molar-refractivity contribution is -0.138. The molecule has 190 valence electrons. The smallest absolute Gasteiger partial charge is 0.310 e. The number of nitrogens with zero attached hydrogens (tertiary/aromatic N) is 1. The van der Waals surface area contributed by atoms with E-state index in [1.807, 2.05) is 41.8 Å². The van der Waals surface area contributed by atoms with Gasteiger partial charge in [0.25, 0.3) is 0 Å². The summed E-state index contributed by atoms with van der Waals surface area (Å²) in [6.07, 6.45) is 3.35. The highest BCUT2D eigenvalue weighted by molar-refractivity contribution is 7.13. The normalized spacial score (nSPS) is 11.9. The van der Waals surface area contributed by atoms with Gasteiger partial charge in [-0.05, 0) is 55.3 Å². The molecule has 0 amide bonds. The molecule has 4 rings (SSSR count). The molecule has 0 aliphatic rings. The molecule has 4 aromatic rings. The Balaban J connectivity index is 1.31. The highest BCUT2D eigenvalue weighted by Gasteiger charge is 2.18. The molecule has 0 saturated heterocycles. The van der Waals surface area contributed by atoms with Crippen LogP contribution in [-0.2, 0) is 4.79 Å². The summed E-state index contributed by atoms with van der Waals surface area (Å²) < 4.78 is 22.9. The van der Waals surface area contributed by atoms with Crippen LogP contribution in [0.1, 0.15) is 38.2 Å². The molecule has 1 atom stereocenters. The number of nitrogens with one attached hydrogen (secondary N) is 1. The number of hydrogen-bond donors (Lipinski definition) is 2. The van der Waals surface area contributed by atoms with Crippen LogP contribution in [0.15, 0.2) is 48.0 Å². The molecule has 0 aliphatic carbocycles. The summed E-state index contributed by atoms with van der Waals surface area (Å²) in [5, 5.41) is 13.0. The Labute approximate surface area is 213 Å². The zero-order valence-corrected chi connectivity index (χ0v) is 21.4. The molecule has 2 heterocycles. The second kappa shape index (κ2) is 11.8. The summed E-state index contributed by atoms with van der Waals surface area (Å²) in [6.45, 7) is 5.29. The van der Waals surface area contributed by atoms with Crippen molar-refractivity contribution in [3.63, 3.8) is 0 Å². The number of rotatable bonds is 13. The number of ether oxygens (including phenoxy) is 4. The molecule has 2 N–H and O–H groups in total. The van der Waals surface area contributed by atoms with Crippen molar-refractivity contribution in [2.24, 2.45) is 0 Å². The number of fused-ring (bicyclic) bond motifs is 1. The maximum atomic E-state index is 11.4. The molecule has 0 bridgehead atoms. The second-order valence-corrected chi connectivity index (χ2v) is 9.12. The van der Waals surface area contributed by atoms with Gasteiger partial charge in [0.2, 0.25) is 5.88 Å². The minimum Gasteiger partial charge on any atom is -0.493 e. The largest absolute Gasteiger partial charge is 0.493 e. The van der Waals surface area contributed by atoms with Crippen molar-refractivity contribution in [2.75, 3.05) is 26.9 Å². The lowest BCUT2D eigenvalue weighted by Crippen LogP contribution is -2.07. The van der Waals surface area contributed by atoms with Gasteiger partial charge in [0, 0.05) is 29.1 Å². The Morgan fingerprint density at radius 1 is 1.08 bits per heavy atom. The third-order valence-corrected chi connectivity index (χ3v) is 6.55. The van der Waals surface area contributed by atoms with Gasteiger partial charge in [0.1, 0.15) is 10.8 Å². The second-order valence-electron chi connectivity index (χ2n) is 8.27. The van der Waals surface area contributed by atoms with E-state index in [4.69, 9.17) is 18.9 Å². The van der Waals surface area contributed by atoms with Crippen molar-refractivity contribution >= 4 is 28.2 Å². The molecular formula is C27H30N2O6S. The molecule has 0 saturated carbocycles. The van der Waals surface area contributed by atoms with E-state index in [2.05, 4.69) is 16.9 Å². The molecule has 0 radical (unpaired) electrons. The van der Waals surface area contributed by atoms with E-state index in [0.717, 1.165) is 33.5 Å². The van der Waals surface area contributed by atoms with Gasteiger partial charge in [0.05, 0.1) is 38.2 Å². The van der Waals surface area contributed by atoms with Gasteiger partial charge in [0.15, 0.2) is 11.5 Å². The van der Waals surface area contributed by atoms with Crippen LogP contribution in [0.5, 0.6) is 23.1 Å². The first-order chi connectivity index (χ1) is 17.5. The Kier molecular flexibility index (Phi) is 8.32. The number of methoxy groups -OCH3 is 1. The van der Waals surface area contributed by atoms with Crippen LogP contribution < -0.4 is 18.9 Å². The molecule has 8 nitrogen and oxygen atoms in total. The fourth-order valence-electron chi connectivity index (χ4n) is 3.72. The quantitative estimate of drug-likeness (QED) is 0.209. The lowest BCUT2D eigenvalue weighted by atomic mass is 10.0. The molecule has 0 aliphatic heterocycles. The maximum absolute atomic E-state index is 11.4. The number of aromatic amines is 1. The summed E-state index contributed by atoms with van der Waals surface area (Å²) in [5.41, 5.74) is 2.56. The summed E-state index contributed by atoms with van der Waals surface area (Å²) in [7, 11) is 1.61. The van der Waals surface area contributed by atoms with Crippen LogP contribution in [0.2, 0.25) is 0 Å². The van der Waals surface area contributed by atoms with E-state index in [-0.39, 0.29) is 0 Å². The van der Waals surface area contributed by atoms with Crippen LogP contribution in [0.25, 0.3) is 21.5 Å². The number of aliphatic carboxylic acids is 1. The summed E-state index contributed by atoms with van der Waals surface area (Å²) in [6, 6.07) is 11.4. The van der Waals surface area contributed by atoms with Crippen molar-refractivity contribution in [2.45, 2.75) is 32.6 Å². The molecular weight excluding hydrogens is 480 g/mol. The van der Waals surface area contributed by atoms with Crippen molar-refractivity contribution in [1.29, 1.82) is 0 Å². The van der Waals surface area contributed by atoms with E-state index in [1.165, 1.54) is 11.3 Å². The summed E-state index contributed by atoms with van der Waals surface area (Å²) >= 11 is 1.53. The Morgan fingerprint density at radius 3 is 2.69 bits per heavy atom. The van der Waals surface area contributed by atoms with E-state index in [9.17, 15) is 9.90 Å². The van der Waals surface area contributed by atoms with E-state index >= 15 is 0 Å². The molecule has 36 heavy (non-hydrogen) atoms. The molecule has 0 spiro atoms. The third-order valence-electron chi connectivity index (χ3n) is 5.68. The zero-order valence-electron chi connectivity index (χ0n) is 20.6.